The zero-order valence-electron chi connectivity index (χ0n) is 12.0. The fourth-order valence-corrected chi connectivity index (χ4v) is 2.47. The third kappa shape index (κ3) is 3.94. The number of pyridine rings is 2. The Labute approximate surface area is 142 Å². The highest BCUT2D eigenvalue weighted by Gasteiger charge is 2.07. The molecule has 0 fully saturated rings. The van der Waals surface area contributed by atoms with Crippen molar-refractivity contribution >= 4 is 35.3 Å². The van der Waals surface area contributed by atoms with Crippen molar-refractivity contribution in [1.29, 1.82) is 0 Å². The maximum atomic E-state index is 11.6. The Morgan fingerprint density at radius 1 is 1.30 bits per heavy atom. The van der Waals surface area contributed by atoms with Crippen LogP contribution in [-0.2, 0) is 6.42 Å². The van der Waals surface area contributed by atoms with Crippen LogP contribution in [0.4, 0.5) is 5.69 Å². The molecule has 122 valence electrons. The standard InChI is InChI=1S/C14H14ClN5O2.ClH/c15-10-7-11(13-18-19-14(22)20(13)8-10)16-4-1-2-9-3-5-17-12(21)6-9;/h3,5-8,16H,1-2,4H2,(H,17,21)(H,19,22);1H. The number of rotatable bonds is 5. The van der Waals surface area contributed by atoms with Crippen molar-refractivity contribution in [2.45, 2.75) is 12.8 Å². The molecular formula is C14H15Cl2N5O2. The number of aromatic nitrogens is 4. The minimum Gasteiger partial charge on any atom is -0.382 e. The van der Waals surface area contributed by atoms with Gasteiger partial charge in [0, 0.05) is 25.0 Å². The molecular weight excluding hydrogens is 341 g/mol. The molecule has 0 saturated heterocycles. The molecule has 3 aromatic rings. The highest BCUT2D eigenvalue weighted by Crippen LogP contribution is 2.19. The summed E-state index contributed by atoms with van der Waals surface area (Å²) in [6.45, 7) is 0.670. The molecule has 0 atom stereocenters. The molecule has 0 saturated carbocycles. The Hall–Kier alpha value is -2.25. The van der Waals surface area contributed by atoms with E-state index in [1.54, 1.807) is 18.3 Å². The molecule has 3 aromatic heterocycles. The molecule has 0 aliphatic rings. The molecule has 0 aromatic carbocycles. The van der Waals surface area contributed by atoms with E-state index in [-0.39, 0.29) is 23.7 Å². The van der Waals surface area contributed by atoms with Crippen LogP contribution in [0.1, 0.15) is 12.0 Å². The predicted octanol–water partition coefficient (Wildman–Crippen LogP) is 1.83. The topological polar surface area (TPSA) is 95.1 Å². The van der Waals surface area contributed by atoms with Crippen molar-refractivity contribution in [3.05, 3.63) is 62.0 Å². The minimum absolute atomic E-state index is 0. The lowest BCUT2D eigenvalue weighted by Gasteiger charge is -2.07. The van der Waals surface area contributed by atoms with Crippen LogP contribution in [0, 0.1) is 0 Å². The van der Waals surface area contributed by atoms with Crippen LogP contribution in [-0.4, -0.2) is 26.1 Å². The number of anilines is 1. The van der Waals surface area contributed by atoms with Gasteiger partial charge in [0.2, 0.25) is 5.56 Å². The lowest BCUT2D eigenvalue weighted by atomic mass is 10.1. The summed E-state index contributed by atoms with van der Waals surface area (Å²) in [5.41, 5.74) is 1.75. The summed E-state index contributed by atoms with van der Waals surface area (Å²) >= 11 is 6.00. The molecule has 0 bridgehead atoms. The molecule has 3 N–H and O–H groups in total. The molecule has 0 amide bonds. The SMILES string of the molecule is Cl.O=c1cc(CCCNc2cc(Cl)cn3c(=O)[nH]nc23)cc[nH]1. The highest BCUT2D eigenvalue weighted by atomic mass is 35.5. The van der Waals surface area contributed by atoms with E-state index >= 15 is 0 Å². The summed E-state index contributed by atoms with van der Waals surface area (Å²) in [5, 5.41) is 10.0. The van der Waals surface area contributed by atoms with Gasteiger partial charge < -0.3 is 10.3 Å². The second-order valence-corrected chi connectivity index (χ2v) is 5.32. The summed E-state index contributed by atoms with van der Waals surface area (Å²) in [6.07, 6.45) is 4.77. The summed E-state index contributed by atoms with van der Waals surface area (Å²) in [4.78, 5) is 25.3. The van der Waals surface area contributed by atoms with Crippen LogP contribution in [0.2, 0.25) is 5.02 Å². The first-order valence-corrected chi connectivity index (χ1v) is 7.19. The van der Waals surface area contributed by atoms with Crippen LogP contribution < -0.4 is 16.6 Å². The van der Waals surface area contributed by atoms with Gasteiger partial charge in [0.25, 0.3) is 0 Å². The first kappa shape index (κ1) is 17.1. The Morgan fingerprint density at radius 3 is 2.91 bits per heavy atom. The van der Waals surface area contributed by atoms with E-state index in [9.17, 15) is 9.59 Å². The van der Waals surface area contributed by atoms with E-state index in [0.29, 0.717) is 22.9 Å². The molecule has 23 heavy (non-hydrogen) atoms. The van der Waals surface area contributed by atoms with Gasteiger partial charge in [-0.1, -0.05) is 11.6 Å². The zero-order valence-corrected chi connectivity index (χ0v) is 13.6. The van der Waals surface area contributed by atoms with E-state index in [1.807, 2.05) is 6.07 Å². The normalized spacial score (nSPS) is 10.5. The summed E-state index contributed by atoms with van der Waals surface area (Å²) < 4.78 is 1.36. The smallest absolute Gasteiger partial charge is 0.347 e. The number of nitrogens with one attached hydrogen (secondary N) is 3. The molecule has 3 heterocycles. The third-order valence-corrected chi connectivity index (χ3v) is 3.48. The van der Waals surface area contributed by atoms with Gasteiger partial charge in [0.05, 0.1) is 10.7 Å². The summed E-state index contributed by atoms with van der Waals surface area (Å²) in [6, 6.07) is 5.20. The van der Waals surface area contributed by atoms with E-state index in [1.165, 1.54) is 10.6 Å². The lowest BCUT2D eigenvalue weighted by Crippen LogP contribution is -2.11. The van der Waals surface area contributed by atoms with E-state index in [2.05, 4.69) is 20.5 Å². The van der Waals surface area contributed by atoms with E-state index < -0.39 is 0 Å². The van der Waals surface area contributed by atoms with E-state index in [0.717, 1.165) is 18.4 Å². The van der Waals surface area contributed by atoms with Crippen LogP contribution in [0.5, 0.6) is 0 Å². The Morgan fingerprint density at radius 2 is 2.13 bits per heavy atom. The quantitative estimate of drug-likeness (QED) is 0.608. The molecule has 0 radical (unpaired) electrons. The second-order valence-electron chi connectivity index (χ2n) is 4.89. The Balaban J connectivity index is 0.00000192. The highest BCUT2D eigenvalue weighted by molar-refractivity contribution is 6.30. The van der Waals surface area contributed by atoms with Gasteiger partial charge in [-0.05, 0) is 30.5 Å². The van der Waals surface area contributed by atoms with Crippen LogP contribution >= 0.6 is 24.0 Å². The van der Waals surface area contributed by atoms with Gasteiger partial charge in [-0.3, -0.25) is 4.79 Å². The van der Waals surface area contributed by atoms with Crippen LogP contribution in [0.25, 0.3) is 5.65 Å². The van der Waals surface area contributed by atoms with Crippen molar-refractivity contribution in [2.75, 3.05) is 11.9 Å². The van der Waals surface area contributed by atoms with Gasteiger partial charge >= 0.3 is 5.69 Å². The molecule has 0 aliphatic carbocycles. The fraction of sp³-hybridized carbons (Fsp3) is 0.214. The minimum atomic E-state index is -0.330. The average Bonchev–Trinajstić information content (AvgIpc) is 2.85. The second kappa shape index (κ2) is 7.34. The van der Waals surface area contributed by atoms with Crippen molar-refractivity contribution in [3.63, 3.8) is 0 Å². The number of aryl methyl sites for hydroxylation is 1. The van der Waals surface area contributed by atoms with Gasteiger partial charge in [0.15, 0.2) is 5.65 Å². The van der Waals surface area contributed by atoms with Gasteiger partial charge in [-0.2, -0.15) is 5.10 Å². The van der Waals surface area contributed by atoms with Gasteiger partial charge in [0.1, 0.15) is 0 Å². The molecule has 9 heteroatoms. The fourth-order valence-electron chi connectivity index (χ4n) is 2.27. The van der Waals surface area contributed by atoms with Crippen molar-refractivity contribution in [3.8, 4) is 0 Å². The largest absolute Gasteiger partial charge is 0.382 e. The maximum absolute atomic E-state index is 11.6. The lowest BCUT2D eigenvalue weighted by molar-refractivity contribution is 0.858. The molecule has 0 spiro atoms. The Bertz CT molecular complexity index is 915. The number of aromatic amines is 2. The number of hydrogen-bond acceptors (Lipinski definition) is 4. The van der Waals surface area contributed by atoms with Gasteiger partial charge in [-0.15, -0.1) is 12.4 Å². The summed E-state index contributed by atoms with van der Waals surface area (Å²) in [7, 11) is 0. The number of nitrogens with zero attached hydrogens (tertiary/aromatic N) is 2. The third-order valence-electron chi connectivity index (χ3n) is 3.28. The molecule has 0 unspecified atom stereocenters. The number of H-pyrrole nitrogens is 2. The van der Waals surface area contributed by atoms with Crippen molar-refractivity contribution in [1.82, 2.24) is 19.6 Å². The first-order valence-electron chi connectivity index (χ1n) is 6.81. The number of halogens is 2. The van der Waals surface area contributed by atoms with Crippen molar-refractivity contribution in [2.24, 2.45) is 0 Å². The average molecular weight is 356 g/mol. The summed E-state index contributed by atoms with van der Waals surface area (Å²) in [5.74, 6) is 0. The Kier molecular flexibility index (Phi) is 5.46. The van der Waals surface area contributed by atoms with Gasteiger partial charge in [-0.25, -0.2) is 14.3 Å². The zero-order chi connectivity index (χ0) is 15.5. The van der Waals surface area contributed by atoms with Crippen LogP contribution in [0.15, 0.2) is 40.2 Å². The number of fused-ring (bicyclic) bond motifs is 1. The number of hydrogen-bond donors (Lipinski definition) is 3. The molecule has 3 rings (SSSR count). The van der Waals surface area contributed by atoms with Crippen molar-refractivity contribution < 1.29 is 0 Å². The van der Waals surface area contributed by atoms with E-state index in [4.69, 9.17) is 11.6 Å². The first-order chi connectivity index (χ1) is 10.6. The molecule has 7 nitrogen and oxygen atoms in total. The predicted molar refractivity (Wildman–Crippen MR) is 91.9 cm³/mol. The molecule has 0 aliphatic heterocycles. The monoisotopic (exact) mass is 355 g/mol. The van der Waals surface area contributed by atoms with Crippen LogP contribution in [0.3, 0.4) is 0 Å². The maximum Gasteiger partial charge on any atom is 0.347 e.